The zero-order valence-electron chi connectivity index (χ0n) is 10.9. The Hall–Kier alpha value is -2.25. The third-order valence-electron chi connectivity index (χ3n) is 3.50. The van der Waals surface area contributed by atoms with E-state index in [0.29, 0.717) is 18.3 Å². The van der Waals surface area contributed by atoms with Crippen LogP contribution in [0.25, 0.3) is 0 Å². The summed E-state index contributed by atoms with van der Waals surface area (Å²) in [4.78, 5) is 30.5. The summed E-state index contributed by atoms with van der Waals surface area (Å²) in [5.41, 5.74) is -0.120. The van der Waals surface area contributed by atoms with E-state index in [1.54, 1.807) is 0 Å². The summed E-state index contributed by atoms with van der Waals surface area (Å²) in [6.07, 6.45) is 5.11. The van der Waals surface area contributed by atoms with Crippen molar-refractivity contribution in [3.8, 4) is 0 Å². The summed E-state index contributed by atoms with van der Waals surface area (Å²) >= 11 is 0. The fourth-order valence-electron chi connectivity index (χ4n) is 2.32. The molecule has 0 amide bonds. The van der Waals surface area contributed by atoms with Crippen molar-refractivity contribution in [2.24, 2.45) is 5.92 Å². The molecular formula is C12H16N4O4. The number of carbonyl (C=O) groups is 1. The highest BCUT2D eigenvalue weighted by molar-refractivity contribution is 5.66. The van der Waals surface area contributed by atoms with E-state index < -0.39 is 10.9 Å². The maximum absolute atomic E-state index is 10.5. The predicted molar refractivity (Wildman–Crippen MR) is 70.5 cm³/mol. The van der Waals surface area contributed by atoms with E-state index in [2.05, 4.69) is 9.97 Å². The molecule has 0 radical (unpaired) electrons. The number of carboxylic acids is 1. The van der Waals surface area contributed by atoms with E-state index in [0.717, 1.165) is 25.9 Å². The second-order valence-electron chi connectivity index (χ2n) is 4.86. The number of carboxylic acid groups (broad SMARTS) is 1. The van der Waals surface area contributed by atoms with Crippen molar-refractivity contribution >= 4 is 17.6 Å². The number of aliphatic carboxylic acids is 1. The fraction of sp³-hybridized carbons (Fsp3) is 0.583. The minimum absolute atomic E-state index is 0.120. The summed E-state index contributed by atoms with van der Waals surface area (Å²) < 4.78 is 0. The molecule has 1 fully saturated rings. The molecule has 0 unspecified atom stereocenters. The second kappa shape index (κ2) is 6.27. The Labute approximate surface area is 115 Å². The number of hydrogen-bond acceptors (Lipinski definition) is 6. The molecule has 0 saturated carbocycles. The van der Waals surface area contributed by atoms with Gasteiger partial charge in [0.25, 0.3) is 0 Å². The minimum atomic E-state index is -0.758. The van der Waals surface area contributed by atoms with Crippen LogP contribution in [-0.2, 0) is 4.79 Å². The molecule has 0 aromatic carbocycles. The van der Waals surface area contributed by atoms with Crippen LogP contribution in [0, 0.1) is 16.0 Å². The van der Waals surface area contributed by atoms with Crippen LogP contribution >= 0.6 is 0 Å². The largest absolute Gasteiger partial charge is 0.481 e. The van der Waals surface area contributed by atoms with Crippen LogP contribution in [0.4, 0.5) is 11.6 Å². The molecule has 2 rings (SSSR count). The lowest BCUT2D eigenvalue weighted by Crippen LogP contribution is -2.35. The van der Waals surface area contributed by atoms with Crippen molar-refractivity contribution in [3.63, 3.8) is 0 Å². The van der Waals surface area contributed by atoms with Crippen molar-refractivity contribution in [3.05, 3.63) is 22.5 Å². The standard InChI is InChI=1S/C12H16N4O4/c17-11(18)2-1-9-3-5-15(6-4-9)12-13-7-10(8-14-12)16(19)20/h7-9H,1-6H2,(H,17,18). The summed E-state index contributed by atoms with van der Waals surface area (Å²) in [7, 11) is 0. The highest BCUT2D eigenvalue weighted by Gasteiger charge is 2.21. The van der Waals surface area contributed by atoms with Crippen molar-refractivity contribution in [1.29, 1.82) is 0 Å². The molecular weight excluding hydrogens is 264 g/mol. The third-order valence-corrected chi connectivity index (χ3v) is 3.50. The van der Waals surface area contributed by atoms with Crippen LogP contribution in [0.5, 0.6) is 0 Å². The lowest BCUT2D eigenvalue weighted by molar-refractivity contribution is -0.385. The number of rotatable bonds is 5. The first kappa shape index (κ1) is 14.2. The fourth-order valence-corrected chi connectivity index (χ4v) is 2.32. The zero-order chi connectivity index (χ0) is 14.5. The van der Waals surface area contributed by atoms with Gasteiger partial charge in [0.15, 0.2) is 0 Å². The van der Waals surface area contributed by atoms with E-state index in [4.69, 9.17) is 5.11 Å². The first-order valence-corrected chi connectivity index (χ1v) is 6.49. The molecule has 1 saturated heterocycles. The van der Waals surface area contributed by atoms with Crippen LogP contribution in [0.15, 0.2) is 12.4 Å². The first-order chi connectivity index (χ1) is 9.56. The Kier molecular flexibility index (Phi) is 4.44. The molecule has 1 aromatic rings. The van der Waals surface area contributed by atoms with Crippen LogP contribution in [0.2, 0.25) is 0 Å². The summed E-state index contributed by atoms with van der Waals surface area (Å²) in [5.74, 6) is 0.152. The Bertz CT molecular complexity index is 483. The van der Waals surface area contributed by atoms with Gasteiger partial charge < -0.3 is 10.0 Å². The van der Waals surface area contributed by atoms with Gasteiger partial charge in [-0.1, -0.05) is 0 Å². The van der Waals surface area contributed by atoms with E-state index in [1.807, 2.05) is 4.90 Å². The smallest absolute Gasteiger partial charge is 0.305 e. The SMILES string of the molecule is O=C(O)CCC1CCN(c2ncc([N+](=O)[O-])cn2)CC1. The van der Waals surface area contributed by atoms with Gasteiger partial charge in [-0.05, 0) is 25.2 Å². The molecule has 108 valence electrons. The monoisotopic (exact) mass is 280 g/mol. The Morgan fingerprint density at radius 1 is 1.40 bits per heavy atom. The Balaban J connectivity index is 1.87. The molecule has 0 atom stereocenters. The second-order valence-corrected chi connectivity index (χ2v) is 4.86. The molecule has 1 aliphatic rings. The van der Waals surface area contributed by atoms with Gasteiger partial charge in [0.2, 0.25) is 5.95 Å². The maximum Gasteiger partial charge on any atom is 0.305 e. The third kappa shape index (κ3) is 3.62. The number of nitrogens with zero attached hydrogens (tertiary/aromatic N) is 4. The molecule has 1 N–H and O–H groups in total. The predicted octanol–water partition coefficient (Wildman–Crippen LogP) is 1.47. The van der Waals surface area contributed by atoms with Crippen LogP contribution in [-0.4, -0.2) is 39.1 Å². The molecule has 0 spiro atoms. The van der Waals surface area contributed by atoms with Crippen molar-refractivity contribution in [2.45, 2.75) is 25.7 Å². The topological polar surface area (TPSA) is 109 Å². The molecule has 1 aromatic heterocycles. The van der Waals surface area contributed by atoms with Crippen molar-refractivity contribution in [2.75, 3.05) is 18.0 Å². The van der Waals surface area contributed by atoms with Crippen LogP contribution in [0.1, 0.15) is 25.7 Å². The number of piperidine rings is 1. The van der Waals surface area contributed by atoms with Crippen molar-refractivity contribution in [1.82, 2.24) is 9.97 Å². The quantitative estimate of drug-likeness (QED) is 0.642. The van der Waals surface area contributed by atoms with Gasteiger partial charge in [0, 0.05) is 19.5 Å². The van der Waals surface area contributed by atoms with Gasteiger partial charge in [-0.3, -0.25) is 14.9 Å². The zero-order valence-corrected chi connectivity index (χ0v) is 10.9. The van der Waals surface area contributed by atoms with Gasteiger partial charge in [-0.25, -0.2) is 9.97 Å². The normalized spacial score (nSPS) is 16.1. The average Bonchev–Trinajstić information content (AvgIpc) is 2.46. The minimum Gasteiger partial charge on any atom is -0.481 e. The van der Waals surface area contributed by atoms with Crippen molar-refractivity contribution < 1.29 is 14.8 Å². The van der Waals surface area contributed by atoms with Gasteiger partial charge in [-0.15, -0.1) is 0 Å². The van der Waals surface area contributed by atoms with E-state index in [1.165, 1.54) is 12.4 Å². The van der Waals surface area contributed by atoms with E-state index in [-0.39, 0.29) is 12.1 Å². The number of nitro groups is 1. The summed E-state index contributed by atoms with van der Waals surface area (Å²) in [5, 5.41) is 19.2. The summed E-state index contributed by atoms with van der Waals surface area (Å²) in [6.45, 7) is 1.50. The molecule has 0 bridgehead atoms. The lowest BCUT2D eigenvalue weighted by atomic mass is 9.92. The number of anilines is 1. The first-order valence-electron chi connectivity index (χ1n) is 6.49. The van der Waals surface area contributed by atoms with Gasteiger partial charge in [0.05, 0.1) is 4.92 Å². The Morgan fingerprint density at radius 3 is 2.50 bits per heavy atom. The molecule has 8 nitrogen and oxygen atoms in total. The lowest BCUT2D eigenvalue weighted by Gasteiger charge is -2.31. The van der Waals surface area contributed by atoms with Crippen LogP contribution in [0.3, 0.4) is 0 Å². The number of hydrogen-bond donors (Lipinski definition) is 1. The highest BCUT2D eigenvalue weighted by atomic mass is 16.6. The molecule has 0 aliphatic carbocycles. The van der Waals surface area contributed by atoms with E-state index in [9.17, 15) is 14.9 Å². The average molecular weight is 280 g/mol. The van der Waals surface area contributed by atoms with Gasteiger partial charge >= 0.3 is 11.7 Å². The molecule has 1 aliphatic heterocycles. The maximum atomic E-state index is 10.5. The Morgan fingerprint density at radius 2 is 2.00 bits per heavy atom. The van der Waals surface area contributed by atoms with E-state index >= 15 is 0 Å². The highest BCUT2D eigenvalue weighted by Crippen LogP contribution is 2.24. The molecule has 8 heteroatoms. The molecule has 2 heterocycles. The van der Waals surface area contributed by atoms with Gasteiger partial charge in [-0.2, -0.15) is 0 Å². The molecule has 20 heavy (non-hydrogen) atoms. The van der Waals surface area contributed by atoms with Crippen LogP contribution < -0.4 is 4.90 Å². The van der Waals surface area contributed by atoms with Gasteiger partial charge in [0.1, 0.15) is 12.4 Å². The summed E-state index contributed by atoms with van der Waals surface area (Å²) in [6, 6.07) is 0. The number of aromatic nitrogens is 2.